The molecule has 0 spiro atoms. The van der Waals surface area contributed by atoms with Crippen LogP contribution in [0.25, 0.3) is 0 Å². The van der Waals surface area contributed by atoms with E-state index in [1.807, 2.05) is 0 Å². The van der Waals surface area contributed by atoms with Crippen molar-refractivity contribution in [3.05, 3.63) is 0 Å². The number of nitrogens with zero attached hydrogens (tertiary/aromatic N) is 1. The number of nitrogens with one attached hydrogen (secondary N) is 1. The molecule has 2 amide bonds. The van der Waals surface area contributed by atoms with Gasteiger partial charge >= 0.3 is 12.0 Å². The predicted octanol–water partition coefficient (Wildman–Crippen LogP) is 1.04. The maximum atomic E-state index is 12.2. The third-order valence-electron chi connectivity index (χ3n) is 4.59. The second kappa shape index (κ2) is 6.43. The van der Waals surface area contributed by atoms with E-state index in [4.69, 9.17) is 0 Å². The molecule has 0 aromatic rings. The quantitative estimate of drug-likeness (QED) is 0.722. The van der Waals surface area contributed by atoms with Crippen LogP contribution in [-0.2, 0) is 4.79 Å². The summed E-state index contributed by atoms with van der Waals surface area (Å²) in [6, 6.07) is -0.453. The van der Waals surface area contributed by atoms with Crippen molar-refractivity contribution in [2.24, 2.45) is 11.8 Å². The molecular weight excluding hydrogens is 260 g/mol. The molecule has 2 rings (SSSR count). The summed E-state index contributed by atoms with van der Waals surface area (Å²) in [6.07, 6.45) is 3.64. The molecule has 2 fully saturated rings. The number of aliphatic carboxylic acids is 1. The van der Waals surface area contributed by atoms with Gasteiger partial charge in [0.05, 0.1) is 12.0 Å². The molecule has 1 saturated carbocycles. The topological polar surface area (TPSA) is 89.9 Å². The van der Waals surface area contributed by atoms with Gasteiger partial charge in [0, 0.05) is 25.0 Å². The number of urea groups is 1. The Bertz CT molecular complexity index is 372. The van der Waals surface area contributed by atoms with Crippen molar-refractivity contribution in [2.45, 2.75) is 51.2 Å². The highest BCUT2D eigenvalue weighted by atomic mass is 16.4. The molecule has 3 N–H and O–H groups in total. The van der Waals surface area contributed by atoms with Crippen molar-refractivity contribution in [3.8, 4) is 0 Å². The second-order valence-corrected chi connectivity index (χ2v) is 6.02. The maximum Gasteiger partial charge on any atom is 0.317 e. The van der Waals surface area contributed by atoms with E-state index in [9.17, 15) is 19.8 Å². The fraction of sp³-hybridized carbons (Fsp3) is 0.857. The zero-order valence-electron chi connectivity index (χ0n) is 11.9. The lowest BCUT2D eigenvalue weighted by Crippen LogP contribution is -2.49. The summed E-state index contributed by atoms with van der Waals surface area (Å²) < 4.78 is 0. The van der Waals surface area contributed by atoms with Crippen LogP contribution in [0.2, 0.25) is 0 Å². The summed E-state index contributed by atoms with van der Waals surface area (Å²) in [5.74, 6) is -1.16. The van der Waals surface area contributed by atoms with E-state index in [0.29, 0.717) is 19.5 Å². The zero-order chi connectivity index (χ0) is 14.7. The number of hydrogen-bond donors (Lipinski definition) is 3. The fourth-order valence-corrected chi connectivity index (χ4v) is 3.21. The number of carboxylic acid groups (broad SMARTS) is 1. The molecule has 114 valence electrons. The maximum absolute atomic E-state index is 12.2. The van der Waals surface area contributed by atoms with E-state index in [1.165, 1.54) is 0 Å². The van der Waals surface area contributed by atoms with Crippen LogP contribution in [0.4, 0.5) is 4.79 Å². The Morgan fingerprint density at radius 2 is 1.95 bits per heavy atom. The Kier molecular flexibility index (Phi) is 4.86. The molecule has 1 aliphatic heterocycles. The van der Waals surface area contributed by atoms with Gasteiger partial charge in [0.1, 0.15) is 0 Å². The molecule has 4 atom stereocenters. The third kappa shape index (κ3) is 3.42. The molecule has 1 heterocycles. The van der Waals surface area contributed by atoms with Crippen molar-refractivity contribution in [1.82, 2.24) is 10.2 Å². The number of amides is 2. The Balaban J connectivity index is 1.89. The molecule has 1 saturated heterocycles. The highest BCUT2D eigenvalue weighted by Crippen LogP contribution is 2.25. The van der Waals surface area contributed by atoms with Gasteiger partial charge in [-0.2, -0.15) is 0 Å². The molecule has 1 aliphatic carbocycles. The lowest BCUT2D eigenvalue weighted by molar-refractivity contribution is -0.143. The lowest BCUT2D eigenvalue weighted by atomic mass is 9.84. The Labute approximate surface area is 119 Å². The van der Waals surface area contributed by atoms with E-state index < -0.39 is 18.0 Å². The van der Waals surface area contributed by atoms with Gasteiger partial charge in [-0.25, -0.2) is 4.79 Å². The minimum atomic E-state index is -0.821. The first-order chi connectivity index (χ1) is 9.49. The van der Waals surface area contributed by atoms with Crippen molar-refractivity contribution >= 4 is 12.0 Å². The summed E-state index contributed by atoms with van der Waals surface area (Å²) >= 11 is 0. The van der Waals surface area contributed by atoms with Crippen molar-refractivity contribution in [3.63, 3.8) is 0 Å². The molecule has 4 unspecified atom stereocenters. The van der Waals surface area contributed by atoms with Crippen LogP contribution >= 0.6 is 0 Å². The number of hydrogen-bond acceptors (Lipinski definition) is 3. The number of likely N-dealkylation sites (tertiary alicyclic amines) is 1. The van der Waals surface area contributed by atoms with Gasteiger partial charge in [-0.15, -0.1) is 0 Å². The van der Waals surface area contributed by atoms with Crippen LogP contribution in [-0.4, -0.2) is 52.3 Å². The van der Waals surface area contributed by atoms with E-state index in [1.54, 1.807) is 11.8 Å². The first-order valence-electron chi connectivity index (χ1n) is 7.45. The minimum absolute atomic E-state index is 0.127. The number of carbonyl (C=O) groups excluding carboxylic acids is 1. The molecule has 0 aromatic carbocycles. The second-order valence-electron chi connectivity index (χ2n) is 6.02. The Morgan fingerprint density at radius 1 is 1.25 bits per heavy atom. The molecule has 20 heavy (non-hydrogen) atoms. The van der Waals surface area contributed by atoms with E-state index in [0.717, 1.165) is 25.7 Å². The summed E-state index contributed by atoms with van der Waals surface area (Å²) in [5, 5.41) is 21.6. The highest BCUT2D eigenvalue weighted by molar-refractivity contribution is 5.77. The fourth-order valence-electron chi connectivity index (χ4n) is 3.21. The number of aliphatic hydroxyl groups is 1. The summed E-state index contributed by atoms with van der Waals surface area (Å²) in [5.41, 5.74) is 0. The van der Waals surface area contributed by atoms with Crippen LogP contribution in [0.15, 0.2) is 0 Å². The Hall–Kier alpha value is -1.30. The zero-order valence-corrected chi connectivity index (χ0v) is 11.9. The predicted molar refractivity (Wildman–Crippen MR) is 73.3 cm³/mol. The molecule has 0 aromatic heterocycles. The number of carbonyl (C=O) groups is 2. The SMILES string of the molecule is CC(O)C1CCN(C(=O)NC2CCCCC2C(=O)O)C1. The van der Waals surface area contributed by atoms with Crippen LogP contribution in [0, 0.1) is 11.8 Å². The molecule has 0 radical (unpaired) electrons. The lowest BCUT2D eigenvalue weighted by Gasteiger charge is -2.31. The van der Waals surface area contributed by atoms with Crippen LogP contribution < -0.4 is 5.32 Å². The molecule has 6 heteroatoms. The first-order valence-corrected chi connectivity index (χ1v) is 7.45. The minimum Gasteiger partial charge on any atom is -0.481 e. The van der Waals surface area contributed by atoms with Crippen LogP contribution in [0.1, 0.15) is 39.0 Å². The average molecular weight is 284 g/mol. The van der Waals surface area contributed by atoms with E-state index in [2.05, 4.69) is 5.32 Å². The summed E-state index contributed by atoms with van der Waals surface area (Å²) in [4.78, 5) is 25.1. The number of carboxylic acids is 1. The van der Waals surface area contributed by atoms with Crippen molar-refractivity contribution < 1.29 is 19.8 Å². The van der Waals surface area contributed by atoms with Crippen molar-refractivity contribution in [2.75, 3.05) is 13.1 Å². The monoisotopic (exact) mass is 284 g/mol. The summed E-state index contributed by atoms with van der Waals surface area (Å²) in [6.45, 7) is 2.92. The standard InChI is InChI=1S/C14H24N2O4/c1-9(17)10-6-7-16(8-10)14(20)15-12-5-3-2-4-11(12)13(18)19/h9-12,17H,2-8H2,1H3,(H,15,20)(H,18,19). The van der Waals surface area contributed by atoms with Gasteiger partial charge in [0.25, 0.3) is 0 Å². The first kappa shape index (κ1) is 15.1. The number of aliphatic hydroxyl groups excluding tert-OH is 1. The largest absolute Gasteiger partial charge is 0.481 e. The summed E-state index contributed by atoms with van der Waals surface area (Å²) in [7, 11) is 0. The van der Waals surface area contributed by atoms with E-state index in [-0.39, 0.29) is 18.0 Å². The van der Waals surface area contributed by atoms with Crippen LogP contribution in [0.3, 0.4) is 0 Å². The Morgan fingerprint density at radius 3 is 2.55 bits per heavy atom. The third-order valence-corrected chi connectivity index (χ3v) is 4.59. The van der Waals surface area contributed by atoms with Crippen molar-refractivity contribution in [1.29, 1.82) is 0 Å². The molecular formula is C14H24N2O4. The smallest absolute Gasteiger partial charge is 0.317 e. The van der Waals surface area contributed by atoms with Gasteiger partial charge < -0.3 is 20.4 Å². The van der Waals surface area contributed by atoms with Crippen LogP contribution in [0.5, 0.6) is 0 Å². The number of rotatable bonds is 3. The van der Waals surface area contributed by atoms with Gasteiger partial charge in [0.2, 0.25) is 0 Å². The van der Waals surface area contributed by atoms with Gasteiger partial charge in [0.15, 0.2) is 0 Å². The molecule has 2 aliphatic rings. The van der Waals surface area contributed by atoms with Gasteiger partial charge in [-0.1, -0.05) is 12.8 Å². The van der Waals surface area contributed by atoms with Gasteiger partial charge in [-0.3, -0.25) is 4.79 Å². The molecule has 6 nitrogen and oxygen atoms in total. The average Bonchev–Trinajstić information content (AvgIpc) is 2.89. The normalized spacial score (nSPS) is 31.9. The molecule has 0 bridgehead atoms. The van der Waals surface area contributed by atoms with E-state index >= 15 is 0 Å². The van der Waals surface area contributed by atoms with Gasteiger partial charge in [-0.05, 0) is 26.2 Å². The highest BCUT2D eigenvalue weighted by Gasteiger charge is 2.35.